The highest BCUT2D eigenvalue weighted by molar-refractivity contribution is 7.14. The van der Waals surface area contributed by atoms with Crippen molar-refractivity contribution in [3.8, 4) is 16.9 Å². The molecule has 0 aliphatic rings. The van der Waals surface area contributed by atoms with Gasteiger partial charge in [-0.2, -0.15) is 0 Å². The van der Waals surface area contributed by atoms with Crippen LogP contribution in [-0.2, 0) is 10.2 Å². The Morgan fingerprint density at radius 1 is 0.972 bits per heavy atom. The molecule has 2 N–H and O–H groups in total. The summed E-state index contributed by atoms with van der Waals surface area (Å²) in [7, 11) is 0. The van der Waals surface area contributed by atoms with E-state index in [-0.39, 0.29) is 35.8 Å². The van der Waals surface area contributed by atoms with Crippen molar-refractivity contribution in [2.75, 3.05) is 6.54 Å². The van der Waals surface area contributed by atoms with Gasteiger partial charge >= 0.3 is 5.97 Å². The summed E-state index contributed by atoms with van der Waals surface area (Å²) in [6.07, 6.45) is -0.354. The Balaban J connectivity index is 1.79. The first-order valence-electron chi connectivity index (χ1n) is 12.2. The zero-order valence-electron chi connectivity index (χ0n) is 22.3. The molecule has 5 nitrogen and oxygen atoms in total. The van der Waals surface area contributed by atoms with Gasteiger partial charge in [-0.3, -0.25) is 9.59 Å². The first kappa shape index (κ1) is 27.5. The van der Waals surface area contributed by atoms with Crippen LogP contribution in [0.2, 0.25) is 0 Å². The quantitative estimate of drug-likeness (QED) is 0.333. The minimum atomic E-state index is -0.938. The summed E-state index contributed by atoms with van der Waals surface area (Å²) < 4.78 is 6.51. The molecular weight excluding hydrogens is 470 g/mol. The number of benzene rings is 2. The number of ether oxygens (including phenoxy) is 1. The van der Waals surface area contributed by atoms with Crippen molar-refractivity contribution in [2.24, 2.45) is 5.41 Å². The lowest BCUT2D eigenvalue weighted by Gasteiger charge is -2.30. The van der Waals surface area contributed by atoms with Crippen molar-refractivity contribution in [3.05, 3.63) is 75.5 Å². The molecule has 1 heterocycles. The molecule has 2 aromatic carbocycles. The molecule has 0 fully saturated rings. The number of aryl methyl sites for hydroxylation is 1. The zero-order chi connectivity index (χ0) is 26.7. The number of thiophene rings is 1. The average Bonchev–Trinajstić information content (AvgIpc) is 3.26. The van der Waals surface area contributed by atoms with Crippen LogP contribution < -0.4 is 10.1 Å². The minimum Gasteiger partial charge on any atom is -0.484 e. The van der Waals surface area contributed by atoms with Crippen molar-refractivity contribution in [2.45, 2.75) is 66.4 Å². The molecule has 0 saturated carbocycles. The second-order valence-corrected chi connectivity index (χ2v) is 12.4. The number of carbonyl (C=O) groups excluding carboxylic acids is 1. The largest absolute Gasteiger partial charge is 0.484 e. The fourth-order valence-corrected chi connectivity index (χ4v) is 5.17. The van der Waals surface area contributed by atoms with Crippen LogP contribution in [0.5, 0.6) is 5.75 Å². The van der Waals surface area contributed by atoms with Gasteiger partial charge < -0.3 is 15.2 Å². The molecule has 1 unspecified atom stereocenters. The van der Waals surface area contributed by atoms with Crippen LogP contribution in [0.15, 0.2) is 54.6 Å². The number of rotatable bonds is 8. The molecule has 1 aromatic heterocycles. The SMILES string of the molecule is Cc1cc(OC(c2ccc(C(=O)NCCC(=O)O)s2)C(C)(C)C)ccc1-c1ccc(C(C)(C)C)cc1. The Hall–Kier alpha value is -3.12. The van der Waals surface area contributed by atoms with Gasteiger partial charge in [-0.15, -0.1) is 11.3 Å². The van der Waals surface area contributed by atoms with Crippen molar-refractivity contribution in [1.82, 2.24) is 5.32 Å². The number of amides is 1. The highest BCUT2D eigenvalue weighted by Crippen LogP contribution is 2.41. The van der Waals surface area contributed by atoms with Gasteiger partial charge in [-0.1, -0.05) is 71.9 Å². The van der Waals surface area contributed by atoms with E-state index in [4.69, 9.17) is 9.84 Å². The third-order valence-electron chi connectivity index (χ3n) is 6.03. The van der Waals surface area contributed by atoms with E-state index in [1.807, 2.05) is 12.1 Å². The molecule has 36 heavy (non-hydrogen) atoms. The third kappa shape index (κ3) is 6.97. The Morgan fingerprint density at radius 3 is 2.19 bits per heavy atom. The van der Waals surface area contributed by atoms with Crippen LogP contribution in [0.25, 0.3) is 11.1 Å². The van der Waals surface area contributed by atoms with E-state index in [0.717, 1.165) is 16.2 Å². The van der Waals surface area contributed by atoms with Crippen LogP contribution in [0.4, 0.5) is 0 Å². The first-order chi connectivity index (χ1) is 16.8. The van der Waals surface area contributed by atoms with E-state index in [0.29, 0.717) is 4.88 Å². The molecule has 0 aliphatic heterocycles. The minimum absolute atomic E-state index is 0.102. The maximum absolute atomic E-state index is 12.4. The molecule has 3 aromatic rings. The number of hydrogen-bond acceptors (Lipinski definition) is 4. The molecule has 0 spiro atoms. The van der Waals surface area contributed by atoms with Crippen molar-refractivity contribution < 1.29 is 19.4 Å². The van der Waals surface area contributed by atoms with E-state index in [1.165, 1.54) is 28.0 Å². The molecule has 0 aliphatic carbocycles. The molecule has 192 valence electrons. The van der Waals surface area contributed by atoms with Gasteiger partial charge in [0.2, 0.25) is 0 Å². The molecular formula is C30H37NO4S. The Bertz CT molecular complexity index is 1210. The summed E-state index contributed by atoms with van der Waals surface area (Å²) in [6, 6.07) is 18.6. The second kappa shape index (κ2) is 10.9. The van der Waals surface area contributed by atoms with Crippen LogP contribution >= 0.6 is 11.3 Å². The fourth-order valence-electron chi connectivity index (χ4n) is 3.97. The third-order valence-corrected chi connectivity index (χ3v) is 7.16. The van der Waals surface area contributed by atoms with E-state index < -0.39 is 5.97 Å². The van der Waals surface area contributed by atoms with Gasteiger partial charge in [0, 0.05) is 16.8 Å². The normalized spacial score (nSPS) is 12.8. The maximum atomic E-state index is 12.4. The van der Waals surface area contributed by atoms with Gasteiger partial charge in [-0.05, 0) is 58.9 Å². The molecule has 3 rings (SSSR count). The smallest absolute Gasteiger partial charge is 0.305 e. The summed E-state index contributed by atoms with van der Waals surface area (Å²) in [5.74, 6) is -0.423. The summed E-state index contributed by atoms with van der Waals surface area (Å²) in [5, 5.41) is 11.4. The van der Waals surface area contributed by atoms with Crippen LogP contribution in [0, 0.1) is 12.3 Å². The van der Waals surface area contributed by atoms with Crippen LogP contribution in [0.3, 0.4) is 0 Å². The average molecular weight is 508 g/mol. The van der Waals surface area contributed by atoms with Crippen molar-refractivity contribution in [1.29, 1.82) is 0 Å². The van der Waals surface area contributed by atoms with E-state index in [1.54, 1.807) is 6.07 Å². The number of carboxylic acids is 1. The number of nitrogens with one attached hydrogen (secondary N) is 1. The molecule has 6 heteroatoms. The summed E-state index contributed by atoms with van der Waals surface area (Å²) in [4.78, 5) is 24.6. The predicted octanol–water partition coefficient (Wildman–Crippen LogP) is 7.39. The topological polar surface area (TPSA) is 75.6 Å². The van der Waals surface area contributed by atoms with E-state index >= 15 is 0 Å². The summed E-state index contributed by atoms with van der Waals surface area (Å²) in [5.41, 5.74) is 4.70. The molecule has 0 saturated heterocycles. The molecule has 1 atom stereocenters. The monoisotopic (exact) mass is 507 g/mol. The van der Waals surface area contributed by atoms with Crippen LogP contribution in [-0.4, -0.2) is 23.5 Å². The lowest BCUT2D eigenvalue weighted by Crippen LogP contribution is -2.25. The van der Waals surface area contributed by atoms with Gasteiger partial charge in [0.1, 0.15) is 11.9 Å². The number of hydrogen-bond donors (Lipinski definition) is 2. The van der Waals surface area contributed by atoms with Gasteiger partial charge in [-0.25, -0.2) is 0 Å². The lowest BCUT2D eigenvalue weighted by atomic mass is 9.86. The molecule has 0 radical (unpaired) electrons. The maximum Gasteiger partial charge on any atom is 0.305 e. The highest BCUT2D eigenvalue weighted by Gasteiger charge is 2.30. The Kier molecular flexibility index (Phi) is 8.29. The van der Waals surface area contributed by atoms with Crippen LogP contribution in [0.1, 0.15) is 79.7 Å². The number of aliphatic carboxylic acids is 1. The van der Waals surface area contributed by atoms with Crippen molar-refractivity contribution in [3.63, 3.8) is 0 Å². The summed E-state index contributed by atoms with van der Waals surface area (Å²) >= 11 is 1.38. The first-order valence-corrected chi connectivity index (χ1v) is 13.1. The zero-order valence-corrected chi connectivity index (χ0v) is 23.1. The summed E-state index contributed by atoms with van der Waals surface area (Å²) in [6.45, 7) is 15.2. The Labute approximate surface area is 218 Å². The van der Waals surface area contributed by atoms with Gasteiger partial charge in [0.15, 0.2) is 0 Å². The number of carbonyl (C=O) groups is 2. The highest BCUT2D eigenvalue weighted by atomic mass is 32.1. The predicted molar refractivity (Wildman–Crippen MR) is 147 cm³/mol. The number of carboxylic acid groups (broad SMARTS) is 1. The van der Waals surface area contributed by atoms with Crippen molar-refractivity contribution >= 4 is 23.2 Å². The Morgan fingerprint density at radius 2 is 1.64 bits per heavy atom. The fraction of sp³-hybridized carbons (Fsp3) is 0.400. The standard InChI is InChI=1S/C30H37NO4S/c1-19-18-22(12-13-23(19)20-8-10-21(11-9-20)29(2,3)4)35-27(30(5,6)7)24-14-15-25(36-24)28(34)31-17-16-26(32)33/h8-15,18,27H,16-17H2,1-7H3,(H,31,34)(H,32,33). The van der Waals surface area contributed by atoms with E-state index in [9.17, 15) is 9.59 Å². The molecule has 1 amide bonds. The van der Waals surface area contributed by atoms with E-state index in [2.05, 4.69) is 90.2 Å². The molecule has 0 bridgehead atoms. The second-order valence-electron chi connectivity index (χ2n) is 11.3. The lowest BCUT2D eigenvalue weighted by molar-refractivity contribution is -0.136. The van der Waals surface area contributed by atoms with Gasteiger partial charge in [0.25, 0.3) is 5.91 Å². The van der Waals surface area contributed by atoms with Gasteiger partial charge in [0.05, 0.1) is 11.3 Å².